The molecule has 0 saturated heterocycles. The molecule has 0 aromatic heterocycles. The number of carbonyl (C=O) groups excluding carboxylic acids is 2. The molecule has 4 bridgehead atoms. The molecule has 4 aliphatic carbocycles. The summed E-state index contributed by atoms with van der Waals surface area (Å²) in [6.07, 6.45) is 3.94. The van der Waals surface area contributed by atoms with Crippen molar-refractivity contribution >= 4 is 24.4 Å². The zero-order valence-corrected chi connectivity index (χ0v) is 15.5. The van der Waals surface area contributed by atoms with Crippen LogP contribution in [0.15, 0.2) is 24.3 Å². The predicted molar refractivity (Wildman–Crippen MR) is 95.3 cm³/mol. The van der Waals surface area contributed by atoms with Gasteiger partial charge < -0.3 is 4.74 Å². The van der Waals surface area contributed by atoms with Gasteiger partial charge in [-0.25, -0.2) is 4.79 Å². The number of hydrogen-bond acceptors (Lipinski definition) is 4. The lowest BCUT2D eigenvalue weighted by molar-refractivity contribution is -0.177. The Hall–Kier alpha value is -1.43. The third kappa shape index (κ3) is 2.68. The van der Waals surface area contributed by atoms with Crippen LogP contribution in [0.5, 0.6) is 0 Å². The van der Waals surface area contributed by atoms with E-state index in [4.69, 9.17) is 4.74 Å². The van der Waals surface area contributed by atoms with Gasteiger partial charge in [-0.1, -0.05) is 42.5 Å². The molecule has 0 heterocycles. The Morgan fingerprint density at radius 1 is 1.19 bits per heavy atom. The third-order valence-corrected chi connectivity index (χ3v) is 6.73. The van der Waals surface area contributed by atoms with Gasteiger partial charge in [0.15, 0.2) is 5.78 Å². The van der Waals surface area contributed by atoms with Gasteiger partial charge in [-0.2, -0.15) is 8.78 Å². The molecule has 140 valence electrons. The fourth-order valence-corrected chi connectivity index (χ4v) is 5.86. The minimum absolute atomic E-state index is 0.0660. The molecule has 6 heteroatoms. The minimum atomic E-state index is -3.83. The lowest BCUT2D eigenvalue weighted by Gasteiger charge is -2.60. The molecule has 26 heavy (non-hydrogen) atoms. The van der Waals surface area contributed by atoms with Gasteiger partial charge in [0, 0.05) is 0 Å². The molecule has 0 amide bonds. The summed E-state index contributed by atoms with van der Waals surface area (Å²) in [5.74, 6) is -0.862. The average Bonchev–Trinajstić information content (AvgIpc) is 2.56. The molecule has 1 aromatic rings. The number of aryl methyl sites for hydroxylation is 1. The number of ether oxygens (including phenoxy) is 1. The topological polar surface area (TPSA) is 43.4 Å². The Morgan fingerprint density at radius 2 is 1.77 bits per heavy atom. The molecule has 0 N–H and O–H groups in total. The molecule has 0 aliphatic heterocycles. The highest BCUT2D eigenvalue weighted by molar-refractivity contribution is 7.82. The molecule has 3 nitrogen and oxygen atoms in total. The van der Waals surface area contributed by atoms with Crippen molar-refractivity contribution in [3.8, 4) is 0 Å². The van der Waals surface area contributed by atoms with Crippen molar-refractivity contribution in [2.45, 2.75) is 49.7 Å². The molecule has 4 saturated carbocycles. The van der Waals surface area contributed by atoms with Crippen LogP contribution >= 0.6 is 12.6 Å². The molecule has 5 rings (SSSR count). The Bertz CT molecular complexity index is 739. The van der Waals surface area contributed by atoms with Crippen LogP contribution in [-0.2, 0) is 19.7 Å². The van der Waals surface area contributed by atoms with E-state index in [0.29, 0.717) is 24.7 Å². The molecular weight excluding hydrogens is 358 g/mol. The second-order valence-corrected chi connectivity index (χ2v) is 9.02. The highest BCUT2D eigenvalue weighted by Gasteiger charge is 2.64. The first-order valence-electron chi connectivity index (χ1n) is 9.04. The van der Waals surface area contributed by atoms with E-state index in [9.17, 15) is 18.4 Å². The molecule has 4 fully saturated rings. The molecule has 4 aliphatic rings. The van der Waals surface area contributed by atoms with Crippen LogP contribution < -0.4 is 0 Å². The van der Waals surface area contributed by atoms with E-state index in [2.05, 4.69) is 12.6 Å². The van der Waals surface area contributed by atoms with E-state index >= 15 is 0 Å². The maximum Gasteiger partial charge on any atom is 0.388 e. The number of rotatable bonds is 4. The number of Topliss-reactive ketones (excluding diaryl/α,β-unsaturated/α-hetero) is 1. The number of thiol groups is 1. The third-order valence-electron chi connectivity index (χ3n) is 6.55. The summed E-state index contributed by atoms with van der Waals surface area (Å²) in [4.78, 5) is 25.1. The summed E-state index contributed by atoms with van der Waals surface area (Å²) in [5, 5.41) is -3.83. The zero-order valence-electron chi connectivity index (χ0n) is 14.6. The first kappa shape index (κ1) is 18.0. The van der Waals surface area contributed by atoms with Gasteiger partial charge in [-0.05, 0) is 56.4 Å². The van der Waals surface area contributed by atoms with Crippen LogP contribution in [0, 0.1) is 24.2 Å². The SMILES string of the molecule is Cc1ccc(C23CC4CC(CC(COC(=O)C(F)(F)S)(C4)C2=O)C3)cc1. The maximum atomic E-state index is 13.6. The highest BCUT2D eigenvalue weighted by Crippen LogP contribution is 2.63. The van der Waals surface area contributed by atoms with E-state index < -0.39 is 22.1 Å². The number of hydrogen-bond donors (Lipinski definition) is 1. The van der Waals surface area contributed by atoms with Crippen molar-refractivity contribution in [1.82, 2.24) is 0 Å². The molecule has 2 atom stereocenters. The molecular formula is C20H22F2O3S. The van der Waals surface area contributed by atoms with Crippen molar-refractivity contribution in [2.24, 2.45) is 17.3 Å². The van der Waals surface area contributed by atoms with E-state index in [1.165, 1.54) is 0 Å². The van der Waals surface area contributed by atoms with Gasteiger partial charge >= 0.3 is 11.2 Å². The van der Waals surface area contributed by atoms with Crippen LogP contribution in [0.3, 0.4) is 0 Å². The first-order valence-corrected chi connectivity index (χ1v) is 9.49. The van der Waals surface area contributed by atoms with E-state index in [1.807, 2.05) is 31.2 Å². The van der Waals surface area contributed by atoms with E-state index in [-0.39, 0.29) is 12.4 Å². The lowest BCUT2D eigenvalue weighted by atomic mass is 9.42. The first-order chi connectivity index (χ1) is 12.1. The van der Waals surface area contributed by atoms with Crippen LogP contribution in [0.4, 0.5) is 8.78 Å². The van der Waals surface area contributed by atoms with Crippen molar-refractivity contribution in [3.63, 3.8) is 0 Å². The van der Waals surface area contributed by atoms with E-state index in [1.54, 1.807) is 0 Å². The van der Waals surface area contributed by atoms with Crippen molar-refractivity contribution in [1.29, 1.82) is 0 Å². The van der Waals surface area contributed by atoms with E-state index in [0.717, 1.165) is 30.4 Å². The largest absolute Gasteiger partial charge is 0.460 e. The van der Waals surface area contributed by atoms with Crippen LogP contribution in [-0.4, -0.2) is 23.6 Å². The second kappa shape index (κ2) is 5.78. The summed E-state index contributed by atoms with van der Waals surface area (Å²) in [5.41, 5.74) is 0.750. The molecule has 0 radical (unpaired) electrons. The quantitative estimate of drug-likeness (QED) is 0.632. The van der Waals surface area contributed by atoms with Crippen LogP contribution in [0.2, 0.25) is 0 Å². The number of esters is 1. The summed E-state index contributed by atoms with van der Waals surface area (Å²) >= 11 is 2.98. The average molecular weight is 380 g/mol. The Labute approximate surface area is 156 Å². The Morgan fingerprint density at radius 3 is 2.31 bits per heavy atom. The molecule has 0 spiro atoms. The Kier molecular flexibility index (Phi) is 3.99. The summed E-state index contributed by atoms with van der Waals surface area (Å²) in [6.45, 7) is 1.74. The Balaban J connectivity index is 1.66. The summed E-state index contributed by atoms with van der Waals surface area (Å²) in [6, 6.07) is 8.05. The predicted octanol–water partition coefficient (Wildman–Crippen LogP) is 4.08. The minimum Gasteiger partial charge on any atom is -0.460 e. The molecule has 2 unspecified atom stereocenters. The summed E-state index contributed by atoms with van der Waals surface area (Å²) < 4.78 is 31.0. The fraction of sp³-hybridized carbons (Fsp3) is 0.600. The molecule has 1 aromatic carbocycles. The second-order valence-electron chi connectivity index (χ2n) is 8.46. The number of carbonyl (C=O) groups is 2. The summed E-state index contributed by atoms with van der Waals surface area (Å²) in [7, 11) is 0. The van der Waals surface area contributed by atoms with Crippen LogP contribution in [0.25, 0.3) is 0 Å². The number of benzene rings is 1. The van der Waals surface area contributed by atoms with Gasteiger partial charge in [0.05, 0.1) is 10.8 Å². The number of ketones is 1. The number of alkyl halides is 2. The monoisotopic (exact) mass is 380 g/mol. The van der Waals surface area contributed by atoms with Gasteiger partial charge in [-0.15, -0.1) is 0 Å². The highest BCUT2D eigenvalue weighted by atomic mass is 32.1. The van der Waals surface area contributed by atoms with Crippen molar-refractivity contribution in [2.75, 3.05) is 6.61 Å². The lowest BCUT2D eigenvalue weighted by Crippen LogP contribution is -2.63. The van der Waals surface area contributed by atoms with Gasteiger partial charge in [-0.3, -0.25) is 4.79 Å². The van der Waals surface area contributed by atoms with Crippen molar-refractivity contribution < 1.29 is 23.1 Å². The van der Waals surface area contributed by atoms with Crippen molar-refractivity contribution in [3.05, 3.63) is 35.4 Å². The van der Waals surface area contributed by atoms with Gasteiger partial charge in [0.1, 0.15) is 6.61 Å². The smallest absolute Gasteiger partial charge is 0.388 e. The standard InChI is InChI=1S/C20H22F2O3S/c1-12-2-4-15(5-3-12)19-9-13-6-14(10-19)8-18(7-13,16(19)23)11-25-17(24)20(21,22)26/h2-5,13-14,26H,6-11H2,1H3. The fourth-order valence-electron chi connectivity index (χ4n) is 5.80. The maximum absolute atomic E-state index is 13.6. The number of halogens is 2. The normalized spacial score (nSPS) is 35.6. The zero-order chi connectivity index (χ0) is 18.7. The van der Waals surface area contributed by atoms with Gasteiger partial charge in [0.25, 0.3) is 0 Å². The van der Waals surface area contributed by atoms with Crippen LogP contribution in [0.1, 0.15) is 43.2 Å². The van der Waals surface area contributed by atoms with Gasteiger partial charge in [0.2, 0.25) is 0 Å².